The van der Waals surface area contributed by atoms with Gasteiger partial charge in [0.05, 0.1) is 11.9 Å². The molecule has 1 aromatic rings. The van der Waals surface area contributed by atoms with Crippen LogP contribution in [0.1, 0.15) is 25.5 Å². The highest BCUT2D eigenvalue weighted by Gasteiger charge is 2.26. The number of nitrogens with zero attached hydrogens (tertiary/aromatic N) is 1. The molecule has 0 aromatic carbocycles. The van der Waals surface area contributed by atoms with Crippen molar-refractivity contribution in [2.75, 3.05) is 19.8 Å². The summed E-state index contributed by atoms with van der Waals surface area (Å²) in [6.45, 7) is 6.51. The summed E-state index contributed by atoms with van der Waals surface area (Å²) in [6, 6.07) is 1.93. The fourth-order valence-corrected chi connectivity index (χ4v) is 3.35. The second kappa shape index (κ2) is 7.07. The van der Waals surface area contributed by atoms with E-state index in [4.69, 9.17) is 4.74 Å². The summed E-state index contributed by atoms with van der Waals surface area (Å²) >= 11 is 1.60. The first-order valence-corrected chi connectivity index (χ1v) is 7.62. The van der Waals surface area contributed by atoms with Gasteiger partial charge in [-0.1, -0.05) is 18.7 Å². The lowest BCUT2D eigenvalue weighted by molar-refractivity contribution is 0.0832. The van der Waals surface area contributed by atoms with Crippen molar-refractivity contribution in [3.8, 4) is 0 Å². The topological polar surface area (TPSA) is 67.0 Å². The Morgan fingerprint density at radius 1 is 1.63 bits per heavy atom. The predicted octanol–water partition coefficient (Wildman–Crippen LogP) is 1.33. The number of thioether (sulfide) groups is 1. The zero-order valence-electron chi connectivity index (χ0n) is 11.4. The molecule has 2 heterocycles. The molecule has 1 aliphatic heterocycles. The van der Waals surface area contributed by atoms with Gasteiger partial charge in [-0.3, -0.25) is 4.79 Å². The summed E-state index contributed by atoms with van der Waals surface area (Å²) in [5.74, 6) is 0. The second-order valence-electron chi connectivity index (χ2n) is 4.77. The van der Waals surface area contributed by atoms with Crippen molar-refractivity contribution >= 4 is 11.8 Å². The molecule has 2 N–H and O–H groups in total. The maximum absolute atomic E-state index is 11.5. The normalized spacial score (nSPS) is 23.5. The molecule has 0 saturated carbocycles. The SMILES string of the molecule is CCCNC1CCOCC1Sc1nc(C)cc(=O)[nH]1. The Labute approximate surface area is 117 Å². The molecule has 1 aliphatic rings. The molecule has 1 aromatic heterocycles. The van der Waals surface area contributed by atoms with Crippen molar-refractivity contribution in [2.24, 2.45) is 0 Å². The molecule has 2 rings (SSSR count). The molecule has 2 unspecified atom stereocenters. The number of ether oxygens (including phenoxy) is 1. The van der Waals surface area contributed by atoms with E-state index in [1.165, 1.54) is 6.07 Å². The standard InChI is InChI=1S/C13H21N3O2S/c1-3-5-14-10-4-6-18-8-11(10)19-13-15-9(2)7-12(17)16-13/h7,10-11,14H,3-6,8H2,1-2H3,(H,15,16,17). The molecular formula is C13H21N3O2S. The fraction of sp³-hybridized carbons (Fsp3) is 0.692. The Bertz CT molecular complexity index is 463. The Balaban J connectivity index is 2.03. The summed E-state index contributed by atoms with van der Waals surface area (Å²) in [7, 11) is 0. The lowest BCUT2D eigenvalue weighted by atomic mass is 10.1. The van der Waals surface area contributed by atoms with Gasteiger partial charge >= 0.3 is 0 Å². The Morgan fingerprint density at radius 3 is 3.21 bits per heavy atom. The van der Waals surface area contributed by atoms with Gasteiger partial charge in [-0.05, 0) is 26.3 Å². The Kier molecular flexibility index (Phi) is 5.42. The molecule has 5 nitrogen and oxygen atoms in total. The molecule has 0 radical (unpaired) electrons. The average Bonchev–Trinajstić information content (AvgIpc) is 2.36. The predicted molar refractivity (Wildman–Crippen MR) is 76.8 cm³/mol. The summed E-state index contributed by atoms with van der Waals surface area (Å²) in [4.78, 5) is 18.6. The highest BCUT2D eigenvalue weighted by molar-refractivity contribution is 7.99. The summed E-state index contributed by atoms with van der Waals surface area (Å²) in [6.07, 6.45) is 2.13. The minimum absolute atomic E-state index is 0.0928. The molecule has 1 saturated heterocycles. The zero-order valence-corrected chi connectivity index (χ0v) is 12.3. The highest BCUT2D eigenvalue weighted by atomic mass is 32.2. The van der Waals surface area contributed by atoms with Crippen LogP contribution < -0.4 is 10.9 Å². The van der Waals surface area contributed by atoms with Crippen LogP contribution in [0.4, 0.5) is 0 Å². The van der Waals surface area contributed by atoms with Crippen LogP contribution in [-0.4, -0.2) is 41.0 Å². The molecule has 6 heteroatoms. The van der Waals surface area contributed by atoms with Crippen LogP contribution in [0.15, 0.2) is 16.0 Å². The third-order valence-corrected chi connectivity index (χ3v) is 4.26. The molecule has 0 amide bonds. The molecular weight excluding hydrogens is 262 g/mol. The first-order valence-electron chi connectivity index (χ1n) is 6.75. The minimum atomic E-state index is -0.0928. The maximum atomic E-state index is 11.5. The van der Waals surface area contributed by atoms with E-state index in [0.717, 1.165) is 31.7 Å². The van der Waals surface area contributed by atoms with Crippen molar-refractivity contribution in [1.29, 1.82) is 0 Å². The fourth-order valence-electron chi connectivity index (χ4n) is 2.14. The minimum Gasteiger partial charge on any atom is -0.380 e. The summed E-state index contributed by atoms with van der Waals surface area (Å²) in [5.41, 5.74) is 0.658. The molecule has 0 aliphatic carbocycles. The van der Waals surface area contributed by atoms with Crippen LogP contribution in [0.2, 0.25) is 0 Å². The van der Waals surface area contributed by atoms with Gasteiger partial charge in [0.15, 0.2) is 5.16 Å². The molecule has 106 valence electrons. The second-order valence-corrected chi connectivity index (χ2v) is 6.00. The Morgan fingerprint density at radius 2 is 2.47 bits per heavy atom. The molecule has 0 bridgehead atoms. The summed E-state index contributed by atoms with van der Waals surface area (Å²) < 4.78 is 5.54. The van der Waals surface area contributed by atoms with Crippen LogP contribution in [0, 0.1) is 6.92 Å². The first-order chi connectivity index (χ1) is 9.19. The highest BCUT2D eigenvalue weighted by Crippen LogP contribution is 2.26. The number of H-pyrrole nitrogens is 1. The number of hydrogen-bond donors (Lipinski definition) is 2. The van der Waals surface area contributed by atoms with E-state index < -0.39 is 0 Å². The van der Waals surface area contributed by atoms with Gasteiger partial charge < -0.3 is 15.0 Å². The van der Waals surface area contributed by atoms with E-state index in [2.05, 4.69) is 22.2 Å². The average molecular weight is 283 g/mol. The maximum Gasteiger partial charge on any atom is 0.251 e. The van der Waals surface area contributed by atoms with Crippen molar-refractivity contribution in [1.82, 2.24) is 15.3 Å². The largest absolute Gasteiger partial charge is 0.380 e. The van der Waals surface area contributed by atoms with Crippen molar-refractivity contribution in [2.45, 2.75) is 43.1 Å². The van der Waals surface area contributed by atoms with Crippen LogP contribution in [0.5, 0.6) is 0 Å². The zero-order chi connectivity index (χ0) is 13.7. The van der Waals surface area contributed by atoms with Gasteiger partial charge in [0, 0.05) is 24.4 Å². The van der Waals surface area contributed by atoms with E-state index in [0.29, 0.717) is 23.1 Å². The molecule has 0 spiro atoms. The molecule has 1 fully saturated rings. The summed E-state index contributed by atoms with van der Waals surface area (Å²) in [5, 5.41) is 4.53. The monoisotopic (exact) mass is 283 g/mol. The number of nitrogens with one attached hydrogen (secondary N) is 2. The van der Waals surface area contributed by atoms with Crippen molar-refractivity contribution < 1.29 is 4.74 Å². The Hall–Kier alpha value is -0.850. The smallest absolute Gasteiger partial charge is 0.251 e. The lowest BCUT2D eigenvalue weighted by Gasteiger charge is -2.31. The molecule has 2 atom stereocenters. The van der Waals surface area contributed by atoms with Gasteiger partial charge in [0.2, 0.25) is 0 Å². The van der Waals surface area contributed by atoms with Gasteiger partial charge in [-0.2, -0.15) is 0 Å². The third kappa shape index (κ3) is 4.33. The van der Waals surface area contributed by atoms with E-state index in [9.17, 15) is 4.79 Å². The van der Waals surface area contributed by atoms with Crippen LogP contribution in [0.3, 0.4) is 0 Å². The van der Waals surface area contributed by atoms with E-state index in [-0.39, 0.29) is 5.56 Å². The van der Waals surface area contributed by atoms with Gasteiger partial charge in [0.25, 0.3) is 5.56 Å². The number of aromatic amines is 1. The first kappa shape index (κ1) is 14.6. The van der Waals surface area contributed by atoms with E-state index in [1.807, 2.05) is 6.92 Å². The van der Waals surface area contributed by atoms with Gasteiger partial charge in [-0.25, -0.2) is 4.98 Å². The van der Waals surface area contributed by atoms with Crippen LogP contribution >= 0.6 is 11.8 Å². The number of rotatable bonds is 5. The van der Waals surface area contributed by atoms with Gasteiger partial charge in [-0.15, -0.1) is 0 Å². The van der Waals surface area contributed by atoms with Gasteiger partial charge in [0.1, 0.15) is 0 Å². The quantitative estimate of drug-likeness (QED) is 0.798. The van der Waals surface area contributed by atoms with Crippen LogP contribution in [-0.2, 0) is 4.74 Å². The lowest BCUT2D eigenvalue weighted by Crippen LogP contribution is -2.45. The number of aryl methyl sites for hydroxylation is 1. The number of aromatic nitrogens is 2. The van der Waals surface area contributed by atoms with E-state index >= 15 is 0 Å². The van der Waals surface area contributed by atoms with Crippen LogP contribution in [0.25, 0.3) is 0 Å². The molecule has 19 heavy (non-hydrogen) atoms. The van der Waals surface area contributed by atoms with Crippen molar-refractivity contribution in [3.05, 3.63) is 22.1 Å². The third-order valence-electron chi connectivity index (χ3n) is 3.07. The van der Waals surface area contributed by atoms with E-state index in [1.54, 1.807) is 11.8 Å². The number of hydrogen-bond acceptors (Lipinski definition) is 5. The van der Waals surface area contributed by atoms with Crippen molar-refractivity contribution in [3.63, 3.8) is 0 Å².